The molecule has 1 amide bonds. The van der Waals surface area contributed by atoms with Gasteiger partial charge in [-0.15, -0.1) is 0 Å². The summed E-state index contributed by atoms with van der Waals surface area (Å²) in [7, 11) is 0. The molecule has 0 saturated heterocycles. The third-order valence-corrected chi connectivity index (χ3v) is 5.42. The third kappa shape index (κ3) is 4.56. The molecule has 0 saturated carbocycles. The predicted molar refractivity (Wildman–Crippen MR) is 107 cm³/mol. The van der Waals surface area contributed by atoms with Crippen LogP contribution in [0.3, 0.4) is 0 Å². The van der Waals surface area contributed by atoms with Crippen molar-refractivity contribution in [2.75, 3.05) is 6.54 Å². The van der Waals surface area contributed by atoms with Crippen molar-refractivity contribution in [2.45, 2.75) is 36.6 Å². The third-order valence-electron chi connectivity index (χ3n) is 4.23. The van der Waals surface area contributed by atoms with Crippen molar-refractivity contribution >= 4 is 40.4 Å². The Morgan fingerprint density at radius 3 is 2.85 bits per heavy atom. The second-order valence-electron chi connectivity index (χ2n) is 6.09. The Kier molecular flexibility index (Phi) is 6.16. The van der Waals surface area contributed by atoms with Crippen LogP contribution in [0, 0.1) is 0 Å². The highest BCUT2D eigenvalue weighted by molar-refractivity contribution is 8.00. The zero-order chi connectivity index (χ0) is 18.5. The molecule has 0 aliphatic carbocycles. The Bertz CT molecular complexity index is 884. The lowest BCUT2D eigenvalue weighted by Gasteiger charge is -2.17. The van der Waals surface area contributed by atoms with Gasteiger partial charge in [-0.25, -0.2) is 9.97 Å². The lowest BCUT2D eigenvalue weighted by Crippen LogP contribution is -2.34. The summed E-state index contributed by atoms with van der Waals surface area (Å²) in [6.45, 7) is 4.63. The maximum atomic E-state index is 12.5. The highest BCUT2D eigenvalue weighted by atomic mass is 35.5. The number of aromatic amines is 1. The molecule has 2 atom stereocenters. The first-order valence-corrected chi connectivity index (χ1v) is 9.83. The van der Waals surface area contributed by atoms with Crippen molar-refractivity contribution in [3.63, 3.8) is 0 Å². The van der Waals surface area contributed by atoms with Crippen molar-refractivity contribution in [3.05, 3.63) is 53.2 Å². The van der Waals surface area contributed by atoms with Crippen LogP contribution < -0.4 is 5.32 Å². The summed E-state index contributed by atoms with van der Waals surface area (Å²) in [4.78, 5) is 24.2. The van der Waals surface area contributed by atoms with E-state index in [1.165, 1.54) is 17.3 Å². The number of imidazole rings is 1. The Morgan fingerprint density at radius 1 is 1.35 bits per heavy atom. The van der Waals surface area contributed by atoms with Gasteiger partial charge in [-0.05, 0) is 25.0 Å². The molecule has 2 heterocycles. The molecular formula is C19H21ClN4OS. The van der Waals surface area contributed by atoms with Gasteiger partial charge < -0.3 is 10.3 Å². The molecule has 0 radical (unpaired) electrons. The van der Waals surface area contributed by atoms with Crippen LogP contribution in [-0.2, 0) is 4.79 Å². The van der Waals surface area contributed by atoms with Crippen molar-refractivity contribution in [1.29, 1.82) is 0 Å². The Morgan fingerprint density at radius 2 is 2.12 bits per heavy atom. The lowest BCUT2D eigenvalue weighted by molar-refractivity contribution is -0.120. The van der Waals surface area contributed by atoms with Crippen LogP contribution in [0.25, 0.3) is 11.2 Å². The Balaban J connectivity index is 1.58. The molecule has 1 aromatic carbocycles. The first kappa shape index (κ1) is 18.7. The number of thioether (sulfide) groups is 1. The molecule has 0 aliphatic rings. The number of halogens is 1. The number of nitrogens with one attached hydrogen (secondary N) is 2. The van der Waals surface area contributed by atoms with E-state index in [4.69, 9.17) is 11.6 Å². The second-order valence-corrected chi connectivity index (χ2v) is 7.85. The molecule has 0 spiro atoms. The summed E-state index contributed by atoms with van der Waals surface area (Å²) >= 11 is 7.31. The van der Waals surface area contributed by atoms with Crippen molar-refractivity contribution in [2.24, 2.45) is 0 Å². The van der Waals surface area contributed by atoms with E-state index >= 15 is 0 Å². The number of amides is 1. The predicted octanol–water partition coefficient (Wildman–Crippen LogP) is 4.40. The van der Waals surface area contributed by atoms with Gasteiger partial charge in [0.2, 0.25) is 5.91 Å². The van der Waals surface area contributed by atoms with Gasteiger partial charge in [0.05, 0.1) is 15.8 Å². The number of H-pyrrole nitrogens is 1. The molecule has 0 fully saturated rings. The molecule has 2 aromatic heterocycles. The first-order chi connectivity index (χ1) is 12.6. The monoisotopic (exact) mass is 388 g/mol. The second kappa shape index (κ2) is 8.56. The smallest absolute Gasteiger partial charge is 0.233 e. The molecule has 26 heavy (non-hydrogen) atoms. The van der Waals surface area contributed by atoms with E-state index in [0.29, 0.717) is 28.3 Å². The largest absolute Gasteiger partial charge is 0.355 e. The van der Waals surface area contributed by atoms with Gasteiger partial charge in [0.25, 0.3) is 0 Å². The molecule has 5 nitrogen and oxygen atoms in total. The topological polar surface area (TPSA) is 70.7 Å². The number of fused-ring (bicyclic) bond motifs is 1. The zero-order valence-electron chi connectivity index (χ0n) is 14.7. The van der Waals surface area contributed by atoms with Crippen molar-refractivity contribution in [1.82, 2.24) is 20.3 Å². The maximum absolute atomic E-state index is 12.5. The molecule has 7 heteroatoms. The minimum absolute atomic E-state index is 0.00386. The van der Waals surface area contributed by atoms with E-state index in [-0.39, 0.29) is 11.2 Å². The molecule has 136 valence electrons. The standard InChI is InChI=1S/C19H21ClN4OS/c1-3-13(14-7-5-4-6-8-14)10-22-18(25)12(2)26-19-23-16-9-15(20)11-21-17(16)24-19/h4-9,11-13H,3,10H2,1-2H3,(H,22,25)(H,21,23,24)/t12-,13-/m1/s1. The van der Waals surface area contributed by atoms with Gasteiger partial charge in [-0.2, -0.15) is 0 Å². The van der Waals surface area contributed by atoms with Crippen LogP contribution in [-0.4, -0.2) is 32.7 Å². The summed E-state index contributed by atoms with van der Waals surface area (Å²) in [5.74, 6) is 0.311. The van der Waals surface area contributed by atoms with Gasteiger partial charge in [-0.1, -0.05) is 60.6 Å². The first-order valence-electron chi connectivity index (χ1n) is 8.57. The number of rotatable bonds is 7. The average Bonchev–Trinajstić information content (AvgIpc) is 3.04. The van der Waals surface area contributed by atoms with Gasteiger partial charge in [0.15, 0.2) is 10.8 Å². The van der Waals surface area contributed by atoms with E-state index in [0.717, 1.165) is 11.9 Å². The van der Waals surface area contributed by atoms with Crippen LogP contribution in [0.2, 0.25) is 5.02 Å². The number of nitrogens with zero attached hydrogens (tertiary/aromatic N) is 2. The fourth-order valence-corrected chi connectivity index (χ4v) is 3.71. The summed E-state index contributed by atoms with van der Waals surface area (Å²) in [5, 5.41) is 4.00. The van der Waals surface area contributed by atoms with Crippen LogP contribution in [0.4, 0.5) is 0 Å². The van der Waals surface area contributed by atoms with Gasteiger partial charge in [0, 0.05) is 18.7 Å². The molecule has 0 aliphatic heterocycles. The number of hydrogen-bond acceptors (Lipinski definition) is 4. The minimum Gasteiger partial charge on any atom is -0.355 e. The van der Waals surface area contributed by atoms with E-state index < -0.39 is 0 Å². The SMILES string of the molecule is CC[C@H](CNC(=O)[C@@H](C)Sc1nc2ncc(Cl)cc2[nH]1)c1ccccc1. The van der Waals surface area contributed by atoms with Gasteiger partial charge in [-0.3, -0.25) is 4.79 Å². The molecule has 0 unspecified atom stereocenters. The summed E-state index contributed by atoms with van der Waals surface area (Å²) < 4.78 is 0. The summed E-state index contributed by atoms with van der Waals surface area (Å²) in [6.07, 6.45) is 2.53. The fourth-order valence-electron chi connectivity index (χ4n) is 2.72. The van der Waals surface area contributed by atoms with E-state index in [9.17, 15) is 4.79 Å². The Labute approximate surface area is 162 Å². The maximum Gasteiger partial charge on any atom is 0.233 e. The average molecular weight is 389 g/mol. The van der Waals surface area contributed by atoms with Crippen LogP contribution in [0.1, 0.15) is 31.7 Å². The fraction of sp³-hybridized carbons (Fsp3) is 0.316. The molecule has 0 bridgehead atoms. The minimum atomic E-state index is -0.265. The number of carbonyl (C=O) groups excluding carboxylic acids is 1. The number of pyridine rings is 1. The molecule has 2 N–H and O–H groups in total. The van der Waals surface area contributed by atoms with Gasteiger partial charge >= 0.3 is 0 Å². The highest BCUT2D eigenvalue weighted by Crippen LogP contribution is 2.24. The van der Waals surface area contributed by atoms with E-state index in [1.807, 2.05) is 25.1 Å². The lowest BCUT2D eigenvalue weighted by atomic mass is 9.96. The molecule has 3 aromatic rings. The number of hydrogen-bond donors (Lipinski definition) is 2. The van der Waals surface area contributed by atoms with Crippen molar-refractivity contribution < 1.29 is 4.79 Å². The van der Waals surface area contributed by atoms with E-state index in [2.05, 4.69) is 39.3 Å². The number of benzene rings is 1. The van der Waals surface area contributed by atoms with Crippen LogP contribution in [0.15, 0.2) is 47.8 Å². The zero-order valence-corrected chi connectivity index (χ0v) is 16.3. The highest BCUT2D eigenvalue weighted by Gasteiger charge is 2.18. The van der Waals surface area contributed by atoms with Crippen molar-refractivity contribution in [3.8, 4) is 0 Å². The van der Waals surface area contributed by atoms with Crippen LogP contribution in [0.5, 0.6) is 0 Å². The summed E-state index contributed by atoms with van der Waals surface area (Å²) in [6, 6.07) is 12.0. The van der Waals surface area contributed by atoms with E-state index in [1.54, 1.807) is 12.3 Å². The number of carbonyl (C=O) groups is 1. The van der Waals surface area contributed by atoms with Gasteiger partial charge in [0.1, 0.15) is 0 Å². The van der Waals surface area contributed by atoms with Crippen LogP contribution >= 0.6 is 23.4 Å². The normalized spacial score (nSPS) is 13.5. The molecular weight excluding hydrogens is 368 g/mol. The quantitative estimate of drug-likeness (QED) is 0.588. The summed E-state index contributed by atoms with van der Waals surface area (Å²) in [5.41, 5.74) is 2.61. The Hall–Kier alpha value is -2.05. The molecule has 3 rings (SSSR count). The number of aromatic nitrogens is 3.